The highest BCUT2D eigenvalue weighted by molar-refractivity contribution is 5.95. The summed E-state index contributed by atoms with van der Waals surface area (Å²) in [6, 6.07) is 4.73. The summed E-state index contributed by atoms with van der Waals surface area (Å²) in [5.74, 6) is -0.211. The first kappa shape index (κ1) is 20.0. The van der Waals surface area contributed by atoms with Crippen molar-refractivity contribution in [2.24, 2.45) is 0 Å². The van der Waals surface area contributed by atoms with Crippen LogP contribution in [0.15, 0.2) is 23.0 Å². The average Bonchev–Trinajstić information content (AvgIpc) is 2.85. The summed E-state index contributed by atoms with van der Waals surface area (Å²) in [5, 5.41) is 3.27. The highest BCUT2D eigenvalue weighted by Crippen LogP contribution is 2.17. The number of aromatic nitrogens is 2. The van der Waals surface area contributed by atoms with Gasteiger partial charge in [0.25, 0.3) is 11.5 Å². The number of aryl methyl sites for hydroxylation is 1. The molecule has 1 aliphatic rings. The zero-order chi connectivity index (χ0) is 20.5. The third-order valence-corrected chi connectivity index (χ3v) is 4.70. The second kappa shape index (κ2) is 7.73. The Kier molecular flexibility index (Phi) is 5.54. The molecule has 150 valence electrons. The van der Waals surface area contributed by atoms with Crippen LogP contribution in [-0.2, 0) is 22.5 Å². The molecule has 1 amide bonds. The van der Waals surface area contributed by atoms with Gasteiger partial charge in [-0.2, -0.15) is 0 Å². The van der Waals surface area contributed by atoms with E-state index in [1.54, 1.807) is 22.8 Å². The van der Waals surface area contributed by atoms with Gasteiger partial charge in [0.2, 0.25) is 0 Å². The van der Waals surface area contributed by atoms with Gasteiger partial charge in [-0.15, -0.1) is 0 Å². The molecule has 1 aromatic carbocycles. The smallest absolute Gasteiger partial charge is 0.338 e. The van der Waals surface area contributed by atoms with Gasteiger partial charge in [0.1, 0.15) is 5.82 Å². The number of rotatable bonds is 3. The predicted molar refractivity (Wildman–Crippen MR) is 106 cm³/mol. The van der Waals surface area contributed by atoms with Crippen LogP contribution in [0.2, 0.25) is 0 Å². The van der Waals surface area contributed by atoms with E-state index < -0.39 is 17.6 Å². The molecule has 28 heavy (non-hydrogen) atoms. The minimum absolute atomic E-state index is 0.0697. The second-order valence-electron chi connectivity index (χ2n) is 8.31. The van der Waals surface area contributed by atoms with Crippen molar-refractivity contribution in [2.75, 3.05) is 0 Å². The van der Waals surface area contributed by atoms with E-state index in [-0.39, 0.29) is 17.0 Å². The maximum absolute atomic E-state index is 12.8. The van der Waals surface area contributed by atoms with Crippen molar-refractivity contribution in [2.45, 2.75) is 71.6 Å². The molecule has 1 unspecified atom stereocenters. The third kappa shape index (κ3) is 4.40. The summed E-state index contributed by atoms with van der Waals surface area (Å²) in [4.78, 5) is 42.0. The number of nitrogens with one attached hydrogen (secondary N) is 1. The van der Waals surface area contributed by atoms with Gasteiger partial charge in [-0.05, 0) is 58.7 Å². The number of carbonyl (C=O) groups excluding carboxylic acids is 2. The normalized spacial score (nSPS) is 15.4. The Morgan fingerprint density at radius 2 is 1.96 bits per heavy atom. The Balaban J connectivity index is 1.85. The molecule has 3 rings (SSSR count). The Bertz CT molecular complexity index is 972. The number of hydrogen-bond donors (Lipinski definition) is 1. The molecule has 1 N–H and O–H groups in total. The van der Waals surface area contributed by atoms with Crippen LogP contribution in [0.5, 0.6) is 0 Å². The van der Waals surface area contributed by atoms with Gasteiger partial charge < -0.3 is 10.1 Å². The first-order chi connectivity index (χ1) is 13.2. The van der Waals surface area contributed by atoms with Gasteiger partial charge in [-0.1, -0.05) is 6.42 Å². The molecular weight excluding hydrogens is 358 g/mol. The van der Waals surface area contributed by atoms with Gasteiger partial charge in [-0.3, -0.25) is 14.2 Å². The molecule has 0 saturated heterocycles. The molecule has 0 fully saturated rings. The van der Waals surface area contributed by atoms with Crippen molar-refractivity contribution >= 4 is 22.8 Å². The lowest BCUT2D eigenvalue weighted by Crippen LogP contribution is -2.46. The fourth-order valence-corrected chi connectivity index (χ4v) is 3.30. The fourth-order valence-electron chi connectivity index (χ4n) is 3.30. The Morgan fingerprint density at radius 1 is 1.21 bits per heavy atom. The Hall–Kier alpha value is -2.70. The largest absolute Gasteiger partial charge is 0.449 e. The molecule has 2 aromatic rings. The maximum Gasteiger partial charge on any atom is 0.338 e. The third-order valence-electron chi connectivity index (χ3n) is 4.70. The van der Waals surface area contributed by atoms with E-state index in [2.05, 4.69) is 10.3 Å². The molecule has 1 aliphatic heterocycles. The zero-order valence-corrected chi connectivity index (χ0v) is 16.9. The fraction of sp³-hybridized carbons (Fsp3) is 0.524. The van der Waals surface area contributed by atoms with Crippen molar-refractivity contribution < 1.29 is 14.3 Å². The number of ether oxygens (including phenoxy) is 1. The van der Waals surface area contributed by atoms with Crippen LogP contribution in [0.1, 0.15) is 63.1 Å². The van der Waals surface area contributed by atoms with Crippen molar-refractivity contribution in [3.05, 3.63) is 39.9 Å². The Labute approximate surface area is 164 Å². The molecule has 7 heteroatoms. The topological polar surface area (TPSA) is 90.3 Å². The molecule has 0 bridgehead atoms. The molecule has 0 saturated carbocycles. The zero-order valence-electron chi connectivity index (χ0n) is 16.9. The molecule has 7 nitrogen and oxygen atoms in total. The predicted octanol–water partition coefficient (Wildman–Crippen LogP) is 2.58. The minimum atomic E-state index is -0.923. The van der Waals surface area contributed by atoms with Gasteiger partial charge >= 0.3 is 5.97 Å². The molecule has 1 aromatic heterocycles. The van der Waals surface area contributed by atoms with Crippen molar-refractivity contribution in [3.63, 3.8) is 0 Å². The van der Waals surface area contributed by atoms with E-state index in [4.69, 9.17) is 4.74 Å². The molecule has 1 atom stereocenters. The van der Waals surface area contributed by atoms with E-state index in [1.165, 1.54) is 6.92 Å². The van der Waals surface area contributed by atoms with Crippen LogP contribution in [0.25, 0.3) is 10.9 Å². The van der Waals surface area contributed by atoms with Crippen LogP contribution in [0, 0.1) is 0 Å². The maximum atomic E-state index is 12.8. The van der Waals surface area contributed by atoms with Gasteiger partial charge in [0, 0.05) is 18.5 Å². The van der Waals surface area contributed by atoms with E-state index in [1.807, 2.05) is 20.8 Å². The molecule has 0 radical (unpaired) electrons. The SMILES string of the molecule is CC(OC(=O)c1ccc2c(=O)n3c(nc2c1)CCCCC3)C(=O)NC(C)(C)C. The highest BCUT2D eigenvalue weighted by atomic mass is 16.5. The monoisotopic (exact) mass is 385 g/mol. The van der Waals surface area contributed by atoms with Crippen molar-refractivity contribution in [1.82, 2.24) is 14.9 Å². The van der Waals surface area contributed by atoms with E-state index in [0.29, 0.717) is 17.4 Å². The lowest BCUT2D eigenvalue weighted by atomic mass is 10.1. The first-order valence-electron chi connectivity index (χ1n) is 9.72. The Morgan fingerprint density at radius 3 is 2.68 bits per heavy atom. The number of amides is 1. The van der Waals surface area contributed by atoms with Crippen LogP contribution < -0.4 is 10.9 Å². The lowest BCUT2D eigenvalue weighted by molar-refractivity contribution is -0.130. The molecule has 0 aliphatic carbocycles. The molecule has 2 heterocycles. The number of hydrogen-bond acceptors (Lipinski definition) is 5. The van der Waals surface area contributed by atoms with Crippen molar-refractivity contribution in [3.8, 4) is 0 Å². The summed E-state index contributed by atoms with van der Waals surface area (Å²) in [5.41, 5.74) is 0.275. The van der Waals surface area contributed by atoms with Crippen molar-refractivity contribution in [1.29, 1.82) is 0 Å². The van der Waals surface area contributed by atoms with Crippen LogP contribution >= 0.6 is 0 Å². The second-order valence-corrected chi connectivity index (χ2v) is 8.31. The van der Waals surface area contributed by atoms with Gasteiger partial charge in [0.05, 0.1) is 16.5 Å². The van der Waals surface area contributed by atoms with Crippen LogP contribution in [-0.4, -0.2) is 33.1 Å². The number of nitrogens with zero attached hydrogens (tertiary/aromatic N) is 2. The lowest BCUT2D eigenvalue weighted by Gasteiger charge is -2.23. The first-order valence-corrected chi connectivity index (χ1v) is 9.72. The standard InChI is InChI=1S/C21H27N3O4/c1-13(18(25)23-21(2,3)4)28-20(27)14-9-10-15-16(12-14)22-17-8-6-5-7-11-24(17)19(15)26/h9-10,12-13H,5-8,11H2,1-4H3,(H,23,25). The summed E-state index contributed by atoms with van der Waals surface area (Å²) < 4.78 is 7.04. The van der Waals surface area contributed by atoms with E-state index in [0.717, 1.165) is 31.5 Å². The summed E-state index contributed by atoms with van der Waals surface area (Å²) in [7, 11) is 0. The number of benzene rings is 1. The number of fused-ring (bicyclic) bond motifs is 2. The van der Waals surface area contributed by atoms with Gasteiger partial charge in [-0.25, -0.2) is 9.78 Å². The van der Waals surface area contributed by atoms with Crippen LogP contribution in [0.3, 0.4) is 0 Å². The molecular formula is C21H27N3O4. The average molecular weight is 385 g/mol. The van der Waals surface area contributed by atoms with Gasteiger partial charge in [0.15, 0.2) is 6.10 Å². The summed E-state index contributed by atoms with van der Waals surface area (Å²) >= 11 is 0. The minimum Gasteiger partial charge on any atom is -0.449 e. The number of esters is 1. The molecule has 0 spiro atoms. The highest BCUT2D eigenvalue weighted by Gasteiger charge is 2.23. The quantitative estimate of drug-likeness (QED) is 0.820. The summed E-state index contributed by atoms with van der Waals surface area (Å²) in [6.07, 6.45) is 2.88. The number of carbonyl (C=O) groups is 2. The van der Waals surface area contributed by atoms with Crippen LogP contribution in [0.4, 0.5) is 0 Å². The summed E-state index contributed by atoms with van der Waals surface area (Å²) in [6.45, 7) is 7.79. The van der Waals surface area contributed by atoms with E-state index in [9.17, 15) is 14.4 Å². The van der Waals surface area contributed by atoms with E-state index >= 15 is 0 Å².